The van der Waals surface area contributed by atoms with Crippen molar-refractivity contribution in [3.63, 3.8) is 0 Å². The van der Waals surface area contributed by atoms with Crippen LogP contribution >= 0.6 is 0 Å². The summed E-state index contributed by atoms with van der Waals surface area (Å²) in [5.41, 5.74) is 5.64. The van der Waals surface area contributed by atoms with Crippen LogP contribution in [0.4, 0.5) is 5.69 Å². The van der Waals surface area contributed by atoms with Crippen molar-refractivity contribution < 1.29 is 17.9 Å². The Labute approximate surface area is 101 Å². The lowest BCUT2D eigenvalue weighted by atomic mass is 10.3. The largest absolute Gasteiger partial charge is 0.491 e. The van der Waals surface area contributed by atoms with Gasteiger partial charge in [0.15, 0.2) is 0 Å². The summed E-state index contributed by atoms with van der Waals surface area (Å²) in [6.45, 7) is 3.35. The van der Waals surface area contributed by atoms with E-state index < -0.39 is 10.0 Å². The van der Waals surface area contributed by atoms with Gasteiger partial charge in [-0.05, 0) is 19.1 Å². The van der Waals surface area contributed by atoms with E-state index in [0.717, 1.165) is 0 Å². The summed E-state index contributed by atoms with van der Waals surface area (Å²) < 4.78 is 32.6. The standard InChI is InChI=1S/C10H16N2O4S/c1-2-15-5-6-16-8-3-4-10(9(11)7-8)17(12,13)14/h3-4,7H,2,5-6,11H2,1H3,(H2,12,13,14). The fraction of sp³-hybridized carbons (Fsp3) is 0.400. The van der Waals surface area contributed by atoms with E-state index >= 15 is 0 Å². The third kappa shape index (κ3) is 4.22. The maximum absolute atomic E-state index is 11.1. The molecule has 0 unspecified atom stereocenters. The van der Waals surface area contributed by atoms with Gasteiger partial charge in [-0.25, -0.2) is 13.6 Å². The average molecular weight is 260 g/mol. The molecule has 0 aliphatic carbocycles. The molecule has 7 heteroatoms. The lowest BCUT2D eigenvalue weighted by Gasteiger charge is -2.08. The minimum absolute atomic E-state index is 0.0707. The molecule has 0 amide bonds. The van der Waals surface area contributed by atoms with Gasteiger partial charge < -0.3 is 15.2 Å². The summed E-state index contributed by atoms with van der Waals surface area (Å²) in [4.78, 5) is -0.102. The van der Waals surface area contributed by atoms with E-state index in [-0.39, 0.29) is 10.6 Å². The van der Waals surface area contributed by atoms with E-state index in [0.29, 0.717) is 25.6 Å². The molecule has 0 spiro atoms. The first kappa shape index (κ1) is 13.8. The number of hydrogen-bond donors (Lipinski definition) is 2. The van der Waals surface area contributed by atoms with Crippen LogP contribution in [0.2, 0.25) is 0 Å². The molecule has 1 rings (SSSR count). The summed E-state index contributed by atoms with van der Waals surface area (Å²) >= 11 is 0. The van der Waals surface area contributed by atoms with Crippen molar-refractivity contribution in [1.29, 1.82) is 0 Å². The van der Waals surface area contributed by atoms with Gasteiger partial charge in [-0.2, -0.15) is 0 Å². The lowest BCUT2D eigenvalue weighted by molar-refractivity contribution is 0.110. The lowest BCUT2D eigenvalue weighted by Crippen LogP contribution is -2.14. The number of sulfonamides is 1. The highest BCUT2D eigenvalue weighted by molar-refractivity contribution is 7.89. The zero-order valence-electron chi connectivity index (χ0n) is 9.55. The number of anilines is 1. The molecule has 0 bridgehead atoms. The molecule has 6 nitrogen and oxygen atoms in total. The summed E-state index contributed by atoms with van der Waals surface area (Å²) in [5.74, 6) is 0.481. The molecule has 0 aliphatic rings. The molecule has 0 aromatic heterocycles. The Morgan fingerprint density at radius 2 is 2.00 bits per heavy atom. The first-order valence-corrected chi connectivity index (χ1v) is 6.62. The Hall–Kier alpha value is -1.31. The van der Waals surface area contributed by atoms with Gasteiger partial charge in [-0.3, -0.25) is 0 Å². The predicted octanol–water partition coefficient (Wildman–Crippen LogP) is 0.332. The van der Waals surface area contributed by atoms with Crippen LogP contribution in [0.5, 0.6) is 5.75 Å². The molecule has 0 saturated carbocycles. The second-order valence-corrected chi connectivity index (χ2v) is 4.82. The highest BCUT2D eigenvalue weighted by Gasteiger charge is 2.12. The van der Waals surface area contributed by atoms with E-state index in [1.54, 1.807) is 0 Å². The normalized spacial score (nSPS) is 11.4. The second-order valence-electron chi connectivity index (χ2n) is 3.29. The summed E-state index contributed by atoms with van der Waals surface area (Å²) in [6, 6.07) is 4.24. The van der Waals surface area contributed by atoms with Crippen LogP contribution < -0.4 is 15.6 Å². The van der Waals surface area contributed by atoms with Gasteiger partial charge in [0.05, 0.1) is 12.3 Å². The van der Waals surface area contributed by atoms with Crippen LogP contribution in [0.3, 0.4) is 0 Å². The molecule has 0 atom stereocenters. The minimum Gasteiger partial charge on any atom is -0.491 e. The molecule has 96 valence electrons. The number of nitrogens with two attached hydrogens (primary N) is 2. The molecule has 0 saturated heterocycles. The Balaban J connectivity index is 2.70. The Bertz CT molecular complexity index is 473. The van der Waals surface area contributed by atoms with E-state index in [4.69, 9.17) is 20.3 Å². The summed E-state index contributed by atoms with van der Waals surface area (Å²) in [6.07, 6.45) is 0. The number of primary sulfonamides is 1. The van der Waals surface area contributed by atoms with Gasteiger partial charge in [0.25, 0.3) is 0 Å². The van der Waals surface area contributed by atoms with Crippen LogP contribution in [-0.2, 0) is 14.8 Å². The maximum atomic E-state index is 11.1. The smallest absolute Gasteiger partial charge is 0.240 e. The molecular formula is C10H16N2O4S. The van der Waals surface area contributed by atoms with Crippen molar-refractivity contribution in [3.8, 4) is 5.75 Å². The molecule has 0 fully saturated rings. The Morgan fingerprint density at radius 3 is 2.53 bits per heavy atom. The highest BCUT2D eigenvalue weighted by Crippen LogP contribution is 2.22. The molecular weight excluding hydrogens is 244 g/mol. The van der Waals surface area contributed by atoms with Crippen LogP contribution in [0.15, 0.2) is 23.1 Å². The van der Waals surface area contributed by atoms with Crippen molar-refractivity contribution >= 4 is 15.7 Å². The number of benzene rings is 1. The van der Waals surface area contributed by atoms with Crippen molar-refractivity contribution in [1.82, 2.24) is 0 Å². The zero-order chi connectivity index (χ0) is 12.9. The van der Waals surface area contributed by atoms with Crippen LogP contribution in [0.25, 0.3) is 0 Å². The zero-order valence-corrected chi connectivity index (χ0v) is 10.4. The van der Waals surface area contributed by atoms with Crippen LogP contribution in [-0.4, -0.2) is 28.2 Å². The monoisotopic (exact) mass is 260 g/mol. The molecule has 4 N–H and O–H groups in total. The molecule has 0 radical (unpaired) electrons. The third-order valence-electron chi connectivity index (χ3n) is 1.99. The van der Waals surface area contributed by atoms with Gasteiger partial charge in [0.2, 0.25) is 10.0 Å². The topological polar surface area (TPSA) is 105 Å². The van der Waals surface area contributed by atoms with E-state index in [2.05, 4.69) is 0 Å². The van der Waals surface area contributed by atoms with E-state index in [1.165, 1.54) is 18.2 Å². The highest BCUT2D eigenvalue weighted by atomic mass is 32.2. The first-order chi connectivity index (χ1) is 7.95. The van der Waals surface area contributed by atoms with Crippen LogP contribution in [0, 0.1) is 0 Å². The number of hydrogen-bond acceptors (Lipinski definition) is 5. The van der Waals surface area contributed by atoms with Gasteiger partial charge in [0.1, 0.15) is 17.3 Å². The molecule has 0 heterocycles. The molecule has 1 aromatic rings. The average Bonchev–Trinajstić information content (AvgIpc) is 2.23. The van der Waals surface area contributed by atoms with Gasteiger partial charge >= 0.3 is 0 Å². The number of nitrogen functional groups attached to an aromatic ring is 1. The van der Waals surface area contributed by atoms with Gasteiger partial charge in [-0.15, -0.1) is 0 Å². The van der Waals surface area contributed by atoms with E-state index in [9.17, 15) is 8.42 Å². The quantitative estimate of drug-likeness (QED) is 0.566. The fourth-order valence-corrected chi connectivity index (χ4v) is 1.88. The van der Waals surface area contributed by atoms with Gasteiger partial charge in [-0.1, -0.05) is 0 Å². The Kier molecular flexibility index (Phi) is 4.73. The van der Waals surface area contributed by atoms with Crippen molar-refractivity contribution in [2.24, 2.45) is 5.14 Å². The SMILES string of the molecule is CCOCCOc1ccc(S(N)(=O)=O)c(N)c1. The van der Waals surface area contributed by atoms with Crippen LogP contribution in [0.1, 0.15) is 6.92 Å². The third-order valence-corrected chi connectivity index (χ3v) is 2.97. The van der Waals surface area contributed by atoms with Crippen molar-refractivity contribution in [3.05, 3.63) is 18.2 Å². The summed E-state index contributed by atoms with van der Waals surface area (Å²) in [5, 5.41) is 4.98. The maximum Gasteiger partial charge on any atom is 0.240 e. The number of rotatable bonds is 6. The van der Waals surface area contributed by atoms with Gasteiger partial charge in [0, 0.05) is 12.7 Å². The number of ether oxygens (including phenoxy) is 2. The minimum atomic E-state index is -3.78. The summed E-state index contributed by atoms with van der Waals surface area (Å²) in [7, 11) is -3.78. The van der Waals surface area contributed by atoms with Crippen molar-refractivity contribution in [2.45, 2.75) is 11.8 Å². The molecule has 0 aliphatic heterocycles. The predicted molar refractivity (Wildman–Crippen MR) is 64.2 cm³/mol. The second kappa shape index (κ2) is 5.85. The Morgan fingerprint density at radius 1 is 1.29 bits per heavy atom. The first-order valence-electron chi connectivity index (χ1n) is 5.08. The van der Waals surface area contributed by atoms with E-state index in [1.807, 2.05) is 6.92 Å². The molecule has 1 aromatic carbocycles. The fourth-order valence-electron chi connectivity index (χ4n) is 1.24. The molecule has 17 heavy (non-hydrogen) atoms. The van der Waals surface area contributed by atoms with Crippen molar-refractivity contribution in [2.75, 3.05) is 25.6 Å².